The lowest BCUT2D eigenvalue weighted by atomic mass is 9.74. The Balaban J connectivity index is 1.59. The number of rotatable bonds is 1. The van der Waals surface area contributed by atoms with Crippen LogP contribution in [-0.4, -0.2) is 13.1 Å². The molecule has 4 aliphatic carbocycles. The Morgan fingerprint density at radius 1 is 0.962 bits per heavy atom. The largest absolute Gasteiger partial charge is 0.465 e. The molecule has 0 heterocycles. The molecular weight excluding hydrogens is 320 g/mol. The lowest BCUT2D eigenvalue weighted by Gasteiger charge is -2.29. The van der Waals surface area contributed by atoms with E-state index in [0.717, 1.165) is 29.2 Å². The van der Waals surface area contributed by atoms with Crippen LogP contribution in [0.4, 0.5) is 0 Å². The van der Waals surface area contributed by atoms with Gasteiger partial charge in [0, 0.05) is 11.0 Å². The van der Waals surface area contributed by atoms with Gasteiger partial charge in [0.05, 0.1) is 12.7 Å². The molecule has 0 radical (unpaired) electrons. The predicted molar refractivity (Wildman–Crippen MR) is 101 cm³/mol. The van der Waals surface area contributed by atoms with Gasteiger partial charge in [-0.25, -0.2) is 4.79 Å². The average Bonchev–Trinajstić information content (AvgIpc) is 3.42. The van der Waals surface area contributed by atoms with Crippen molar-refractivity contribution in [1.29, 1.82) is 0 Å². The molecule has 6 rings (SSSR count). The van der Waals surface area contributed by atoms with Crippen LogP contribution >= 0.6 is 0 Å². The first-order chi connectivity index (χ1) is 12.7. The van der Waals surface area contributed by atoms with E-state index in [0.29, 0.717) is 5.56 Å². The molecule has 4 atom stereocenters. The molecule has 2 heteroatoms. The van der Waals surface area contributed by atoms with Crippen molar-refractivity contribution in [2.75, 3.05) is 7.11 Å². The highest BCUT2D eigenvalue weighted by molar-refractivity contribution is 6.01. The number of carbonyl (C=O) groups excluding carboxylic acids is 1. The summed E-state index contributed by atoms with van der Waals surface area (Å²) in [5.41, 5.74) is 5.94. The minimum atomic E-state index is -0.228. The second-order valence-corrected chi connectivity index (χ2v) is 8.53. The maximum absolute atomic E-state index is 12.5. The fraction of sp³-hybridized carbons (Fsp3) is 0.375. The first kappa shape index (κ1) is 14.8. The molecule has 1 spiro atoms. The molecule has 2 bridgehead atoms. The van der Waals surface area contributed by atoms with E-state index in [1.54, 1.807) is 0 Å². The molecule has 0 amide bonds. The van der Waals surface area contributed by atoms with Crippen LogP contribution < -0.4 is 0 Å². The van der Waals surface area contributed by atoms with Gasteiger partial charge in [-0.15, -0.1) is 0 Å². The van der Waals surface area contributed by atoms with Gasteiger partial charge in [0.2, 0.25) is 0 Å². The smallest absolute Gasteiger partial charge is 0.338 e. The average molecular weight is 342 g/mol. The molecule has 26 heavy (non-hydrogen) atoms. The Hall–Kier alpha value is -2.35. The number of fused-ring (bicyclic) bond motifs is 10. The number of hydrogen-bond acceptors (Lipinski definition) is 2. The van der Waals surface area contributed by atoms with Crippen molar-refractivity contribution in [3.05, 3.63) is 71.3 Å². The third-order valence-corrected chi connectivity index (χ3v) is 7.67. The summed E-state index contributed by atoms with van der Waals surface area (Å²) >= 11 is 0. The second-order valence-electron chi connectivity index (χ2n) is 8.53. The second kappa shape index (κ2) is 4.88. The van der Waals surface area contributed by atoms with Crippen LogP contribution in [0.2, 0.25) is 0 Å². The quantitative estimate of drug-likeness (QED) is 0.540. The van der Waals surface area contributed by atoms with Crippen molar-refractivity contribution in [3.8, 4) is 11.1 Å². The highest BCUT2D eigenvalue weighted by Gasteiger charge is 2.58. The Bertz CT molecular complexity index is 950. The van der Waals surface area contributed by atoms with Crippen molar-refractivity contribution in [3.63, 3.8) is 0 Å². The monoisotopic (exact) mass is 342 g/mol. The number of allylic oxidation sites excluding steroid dienone is 2. The summed E-state index contributed by atoms with van der Waals surface area (Å²) in [5, 5.41) is 0. The van der Waals surface area contributed by atoms with Gasteiger partial charge >= 0.3 is 5.97 Å². The third-order valence-electron chi connectivity index (χ3n) is 7.67. The van der Waals surface area contributed by atoms with Crippen LogP contribution in [0.1, 0.15) is 40.7 Å². The molecule has 0 aliphatic heterocycles. The molecule has 130 valence electrons. The van der Waals surface area contributed by atoms with Crippen molar-refractivity contribution in [1.82, 2.24) is 0 Å². The number of hydrogen-bond donors (Lipinski definition) is 0. The highest BCUT2D eigenvalue weighted by Crippen LogP contribution is 2.67. The van der Waals surface area contributed by atoms with Crippen LogP contribution in [0.3, 0.4) is 0 Å². The summed E-state index contributed by atoms with van der Waals surface area (Å²) < 4.78 is 5.10. The number of methoxy groups -OCH3 is 1. The summed E-state index contributed by atoms with van der Waals surface area (Å²) in [7, 11) is 1.47. The molecule has 2 nitrogen and oxygen atoms in total. The number of carbonyl (C=O) groups is 1. The molecule has 4 aliphatic rings. The number of ether oxygens (including phenoxy) is 1. The SMILES string of the molecule is COC(=O)c1cccc2c1-c1ccccc1C21CC2C3C=CC(C3)C2C1. The molecule has 0 aromatic heterocycles. The zero-order valence-electron chi connectivity index (χ0n) is 14.9. The van der Waals surface area contributed by atoms with Gasteiger partial charge in [0.25, 0.3) is 0 Å². The highest BCUT2D eigenvalue weighted by atomic mass is 16.5. The number of esters is 1. The molecule has 2 saturated carbocycles. The Labute approximate surface area is 153 Å². The fourth-order valence-electron chi connectivity index (χ4n) is 6.75. The van der Waals surface area contributed by atoms with Crippen LogP contribution in [0.5, 0.6) is 0 Å². The Morgan fingerprint density at radius 3 is 2.38 bits per heavy atom. The molecule has 2 fully saturated rings. The van der Waals surface area contributed by atoms with Gasteiger partial charge in [0.15, 0.2) is 0 Å². The van der Waals surface area contributed by atoms with Crippen LogP contribution in [-0.2, 0) is 10.2 Å². The van der Waals surface area contributed by atoms with E-state index in [-0.39, 0.29) is 11.4 Å². The fourth-order valence-corrected chi connectivity index (χ4v) is 6.75. The standard InChI is InChI=1S/C24H22O2/c1-26-23(25)17-6-4-8-21-22(17)16-5-2-3-7-20(16)24(21)12-18-14-9-10-15(11-14)19(18)13-24/h2-10,14-15,18-19H,11-13H2,1H3. The van der Waals surface area contributed by atoms with E-state index in [2.05, 4.69) is 42.5 Å². The van der Waals surface area contributed by atoms with E-state index in [4.69, 9.17) is 4.74 Å². The normalized spacial score (nSPS) is 34.8. The van der Waals surface area contributed by atoms with E-state index in [9.17, 15) is 4.79 Å². The Kier molecular flexibility index (Phi) is 2.77. The Morgan fingerprint density at radius 2 is 1.65 bits per heavy atom. The lowest BCUT2D eigenvalue weighted by Crippen LogP contribution is -2.23. The molecule has 2 aromatic rings. The van der Waals surface area contributed by atoms with Gasteiger partial charge in [-0.1, -0.05) is 48.6 Å². The zero-order valence-corrected chi connectivity index (χ0v) is 14.9. The maximum Gasteiger partial charge on any atom is 0.338 e. The van der Waals surface area contributed by atoms with Crippen molar-refractivity contribution in [2.45, 2.75) is 24.7 Å². The topological polar surface area (TPSA) is 26.3 Å². The molecule has 2 aromatic carbocycles. The van der Waals surface area contributed by atoms with Crippen LogP contribution in [0.25, 0.3) is 11.1 Å². The van der Waals surface area contributed by atoms with Crippen molar-refractivity contribution in [2.24, 2.45) is 23.7 Å². The van der Waals surface area contributed by atoms with Gasteiger partial charge in [-0.2, -0.15) is 0 Å². The maximum atomic E-state index is 12.5. The third kappa shape index (κ3) is 1.61. The summed E-state index contributed by atoms with van der Waals surface area (Å²) in [6.45, 7) is 0. The van der Waals surface area contributed by atoms with E-state index in [1.807, 2.05) is 12.1 Å². The number of benzene rings is 2. The van der Waals surface area contributed by atoms with E-state index < -0.39 is 0 Å². The first-order valence-electron chi connectivity index (χ1n) is 9.73. The summed E-state index contributed by atoms with van der Waals surface area (Å²) in [6.07, 6.45) is 8.74. The van der Waals surface area contributed by atoms with Gasteiger partial charge in [-0.3, -0.25) is 0 Å². The predicted octanol–water partition coefficient (Wildman–Crippen LogP) is 4.97. The molecule has 0 N–H and O–H groups in total. The zero-order chi connectivity index (χ0) is 17.5. The summed E-state index contributed by atoms with van der Waals surface area (Å²) in [6, 6.07) is 15.0. The van der Waals surface area contributed by atoms with Gasteiger partial charge < -0.3 is 4.74 Å². The van der Waals surface area contributed by atoms with Crippen molar-refractivity contribution >= 4 is 5.97 Å². The minimum Gasteiger partial charge on any atom is -0.465 e. The van der Waals surface area contributed by atoms with Crippen LogP contribution in [0.15, 0.2) is 54.6 Å². The van der Waals surface area contributed by atoms with Gasteiger partial charge in [0.1, 0.15) is 0 Å². The lowest BCUT2D eigenvalue weighted by molar-refractivity contribution is 0.0601. The van der Waals surface area contributed by atoms with Crippen LogP contribution in [0, 0.1) is 23.7 Å². The van der Waals surface area contributed by atoms with E-state index >= 15 is 0 Å². The molecular formula is C24H22O2. The summed E-state index contributed by atoms with van der Waals surface area (Å²) in [4.78, 5) is 12.5. The van der Waals surface area contributed by atoms with E-state index in [1.165, 1.54) is 43.1 Å². The minimum absolute atomic E-state index is 0.0776. The van der Waals surface area contributed by atoms with Crippen molar-refractivity contribution < 1.29 is 9.53 Å². The molecule has 4 unspecified atom stereocenters. The summed E-state index contributed by atoms with van der Waals surface area (Å²) in [5.74, 6) is 2.90. The van der Waals surface area contributed by atoms with Gasteiger partial charge in [-0.05, 0) is 65.7 Å². The first-order valence-corrected chi connectivity index (χ1v) is 9.73. The molecule has 0 saturated heterocycles.